The second-order valence-electron chi connectivity index (χ2n) is 3.67. The van der Waals surface area contributed by atoms with Crippen molar-refractivity contribution in [1.29, 1.82) is 0 Å². The highest BCUT2D eigenvalue weighted by Crippen LogP contribution is 2.34. The second-order valence-corrected chi connectivity index (χ2v) is 3.67. The normalized spacial score (nSPS) is 11.4. The number of aryl methyl sites for hydroxylation is 1. The molecule has 0 aliphatic carbocycles. The Labute approximate surface area is 95.0 Å². The van der Waals surface area contributed by atoms with E-state index in [1.807, 2.05) is 24.3 Å². The lowest BCUT2D eigenvalue weighted by Crippen LogP contribution is -1.92. The van der Waals surface area contributed by atoms with E-state index < -0.39 is 0 Å². The van der Waals surface area contributed by atoms with Gasteiger partial charge in [0.2, 0.25) is 0 Å². The largest absolute Gasteiger partial charge is 0.396 e. The Bertz CT molecular complexity index is 544. The lowest BCUT2D eigenvalue weighted by atomic mass is 10.00. The third-order valence-corrected chi connectivity index (χ3v) is 2.74. The zero-order valence-electron chi connectivity index (χ0n) is 9.57. The molecule has 0 bridgehead atoms. The number of rotatable bonds is 2. The summed E-state index contributed by atoms with van der Waals surface area (Å²) in [5.41, 5.74) is 8.80. The van der Waals surface area contributed by atoms with Gasteiger partial charge in [-0.15, -0.1) is 0 Å². The maximum Gasteiger partial charge on any atom is 0.109 e. The average molecular weight is 213 g/mol. The number of azo groups is 1. The number of nitrogens with two attached hydrogens (primary N) is 1. The first kappa shape index (κ1) is 10.6. The maximum absolute atomic E-state index is 6.07. The summed E-state index contributed by atoms with van der Waals surface area (Å²) < 4.78 is 0. The zero-order valence-corrected chi connectivity index (χ0v) is 9.57. The first-order valence-electron chi connectivity index (χ1n) is 5.37. The highest BCUT2D eigenvalue weighted by atomic mass is 15.1. The number of hydrogen-bond acceptors (Lipinski definition) is 3. The van der Waals surface area contributed by atoms with Crippen molar-refractivity contribution in [2.24, 2.45) is 10.2 Å². The topological polar surface area (TPSA) is 50.7 Å². The first-order valence-corrected chi connectivity index (χ1v) is 5.37. The Morgan fingerprint density at radius 2 is 1.88 bits per heavy atom. The summed E-state index contributed by atoms with van der Waals surface area (Å²) in [7, 11) is 1.65. The van der Waals surface area contributed by atoms with Gasteiger partial charge in [-0.3, -0.25) is 0 Å². The molecule has 0 unspecified atom stereocenters. The van der Waals surface area contributed by atoms with Crippen molar-refractivity contribution >= 4 is 22.1 Å². The smallest absolute Gasteiger partial charge is 0.109 e. The van der Waals surface area contributed by atoms with Gasteiger partial charge in [0, 0.05) is 12.4 Å². The van der Waals surface area contributed by atoms with Crippen LogP contribution in [0.4, 0.5) is 11.4 Å². The van der Waals surface area contributed by atoms with Gasteiger partial charge in [-0.1, -0.05) is 31.2 Å². The molecule has 0 fully saturated rings. The molecule has 16 heavy (non-hydrogen) atoms. The molecule has 0 saturated carbocycles. The SMILES string of the molecule is CCc1cc(N=NC)c(N)c2ccccc12. The fourth-order valence-electron chi connectivity index (χ4n) is 1.94. The molecule has 2 rings (SSSR count). The maximum atomic E-state index is 6.07. The third-order valence-electron chi connectivity index (χ3n) is 2.74. The van der Waals surface area contributed by atoms with Crippen molar-refractivity contribution in [3.8, 4) is 0 Å². The number of anilines is 1. The van der Waals surface area contributed by atoms with Crippen LogP contribution in [0.3, 0.4) is 0 Å². The van der Waals surface area contributed by atoms with Crippen molar-refractivity contribution < 1.29 is 0 Å². The quantitative estimate of drug-likeness (QED) is 0.600. The van der Waals surface area contributed by atoms with Gasteiger partial charge in [-0.25, -0.2) is 0 Å². The lowest BCUT2D eigenvalue weighted by Gasteiger charge is -2.09. The molecule has 3 heteroatoms. The van der Waals surface area contributed by atoms with Crippen LogP contribution in [0.1, 0.15) is 12.5 Å². The Hall–Kier alpha value is -1.90. The molecular formula is C13H15N3. The number of nitrogen functional groups attached to an aromatic ring is 1. The fourth-order valence-corrected chi connectivity index (χ4v) is 1.94. The predicted octanol–water partition coefficient (Wildman–Crippen LogP) is 3.70. The van der Waals surface area contributed by atoms with Gasteiger partial charge >= 0.3 is 0 Å². The number of benzene rings is 2. The Kier molecular flexibility index (Phi) is 2.86. The van der Waals surface area contributed by atoms with Crippen LogP contribution in [0.5, 0.6) is 0 Å². The van der Waals surface area contributed by atoms with Crippen molar-refractivity contribution in [2.45, 2.75) is 13.3 Å². The summed E-state index contributed by atoms with van der Waals surface area (Å²) in [6, 6.07) is 10.2. The van der Waals surface area contributed by atoms with Gasteiger partial charge in [0.25, 0.3) is 0 Å². The predicted molar refractivity (Wildman–Crippen MR) is 68.2 cm³/mol. The Morgan fingerprint density at radius 3 is 2.50 bits per heavy atom. The minimum atomic E-state index is 0.707. The van der Waals surface area contributed by atoms with E-state index in [1.165, 1.54) is 10.9 Å². The highest BCUT2D eigenvalue weighted by molar-refractivity contribution is 6.00. The first-order chi connectivity index (χ1) is 7.77. The van der Waals surface area contributed by atoms with Crippen LogP contribution in [0.2, 0.25) is 0 Å². The highest BCUT2D eigenvalue weighted by Gasteiger charge is 2.07. The summed E-state index contributed by atoms with van der Waals surface area (Å²) in [5, 5.41) is 10.1. The van der Waals surface area contributed by atoms with Gasteiger partial charge in [0.15, 0.2) is 0 Å². The molecule has 2 N–H and O–H groups in total. The summed E-state index contributed by atoms with van der Waals surface area (Å²) in [5.74, 6) is 0. The van der Waals surface area contributed by atoms with E-state index in [4.69, 9.17) is 5.73 Å². The summed E-state index contributed by atoms with van der Waals surface area (Å²) in [6.45, 7) is 2.13. The Morgan fingerprint density at radius 1 is 1.19 bits per heavy atom. The molecule has 82 valence electrons. The molecule has 3 nitrogen and oxygen atoms in total. The van der Waals surface area contributed by atoms with E-state index in [0.717, 1.165) is 17.5 Å². The minimum absolute atomic E-state index is 0.707. The minimum Gasteiger partial charge on any atom is -0.396 e. The fraction of sp³-hybridized carbons (Fsp3) is 0.231. The van der Waals surface area contributed by atoms with Gasteiger partial charge in [-0.05, 0) is 23.4 Å². The molecule has 0 aliphatic heterocycles. The van der Waals surface area contributed by atoms with E-state index in [-0.39, 0.29) is 0 Å². The molecule has 0 atom stereocenters. The van der Waals surface area contributed by atoms with Crippen molar-refractivity contribution in [1.82, 2.24) is 0 Å². The molecule has 0 radical (unpaired) electrons. The standard InChI is InChI=1S/C13H15N3/c1-3-9-8-12(16-15-2)13(14)11-7-5-4-6-10(9)11/h4-8H,3,14H2,1-2H3. The van der Waals surface area contributed by atoms with E-state index in [0.29, 0.717) is 5.69 Å². The monoisotopic (exact) mass is 213 g/mol. The Balaban J connectivity index is 2.82. The molecule has 0 amide bonds. The second kappa shape index (κ2) is 4.31. The molecule has 0 spiro atoms. The van der Waals surface area contributed by atoms with Crippen LogP contribution >= 0.6 is 0 Å². The number of fused-ring (bicyclic) bond motifs is 1. The molecule has 0 aliphatic rings. The van der Waals surface area contributed by atoms with Gasteiger partial charge in [0.05, 0.1) is 5.69 Å². The van der Waals surface area contributed by atoms with Gasteiger partial charge in [0.1, 0.15) is 5.69 Å². The van der Waals surface area contributed by atoms with E-state index in [9.17, 15) is 0 Å². The van der Waals surface area contributed by atoms with Crippen LogP contribution in [-0.4, -0.2) is 7.05 Å². The molecule has 2 aromatic carbocycles. The van der Waals surface area contributed by atoms with Crippen LogP contribution in [0.15, 0.2) is 40.6 Å². The van der Waals surface area contributed by atoms with Crippen LogP contribution in [-0.2, 0) is 6.42 Å². The van der Waals surface area contributed by atoms with E-state index in [1.54, 1.807) is 7.05 Å². The zero-order chi connectivity index (χ0) is 11.5. The molecule has 0 heterocycles. The molecule has 2 aromatic rings. The van der Waals surface area contributed by atoms with Gasteiger partial charge in [-0.2, -0.15) is 10.2 Å². The van der Waals surface area contributed by atoms with Crippen molar-refractivity contribution in [2.75, 3.05) is 12.8 Å². The van der Waals surface area contributed by atoms with Gasteiger partial charge < -0.3 is 5.73 Å². The molecule has 0 aromatic heterocycles. The van der Waals surface area contributed by atoms with E-state index in [2.05, 4.69) is 23.2 Å². The molecular weight excluding hydrogens is 198 g/mol. The van der Waals surface area contributed by atoms with Crippen molar-refractivity contribution in [3.05, 3.63) is 35.9 Å². The van der Waals surface area contributed by atoms with Crippen LogP contribution in [0.25, 0.3) is 10.8 Å². The summed E-state index contributed by atoms with van der Waals surface area (Å²) >= 11 is 0. The molecule has 0 saturated heterocycles. The lowest BCUT2D eigenvalue weighted by molar-refractivity contribution is 1.13. The number of nitrogens with zero attached hydrogens (tertiary/aromatic N) is 2. The van der Waals surface area contributed by atoms with Crippen molar-refractivity contribution in [3.63, 3.8) is 0 Å². The summed E-state index contributed by atoms with van der Waals surface area (Å²) in [4.78, 5) is 0. The van der Waals surface area contributed by atoms with Crippen LogP contribution < -0.4 is 5.73 Å². The van der Waals surface area contributed by atoms with Crippen LogP contribution in [0, 0.1) is 0 Å². The number of hydrogen-bond donors (Lipinski definition) is 1. The average Bonchev–Trinajstić information content (AvgIpc) is 2.33. The summed E-state index contributed by atoms with van der Waals surface area (Å²) in [6.07, 6.45) is 0.965. The third kappa shape index (κ3) is 1.65. The van der Waals surface area contributed by atoms with E-state index >= 15 is 0 Å².